The highest BCUT2D eigenvalue weighted by Crippen LogP contribution is 2.26. The van der Waals surface area contributed by atoms with Gasteiger partial charge in [0.2, 0.25) is 0 Å². The van der Waals surface area contributed by atoms with E-state index in [-0.39, 0.29) is 0 Å². The molecule has 2 unspecified atom stereocenters. The first-order chi connectivity index (χ1) is 6.83. The zero-order valence-electron chi connectivity index (χ0n) is 8.43. The molecule has 2 N–H and O–H groups in total. The first-order valence-electron chi connectivity index (χ1n) is 5.05. The van der Waals surface area contributed by atoms with Crippen molar-refractivity contribution in [3.63, 3.8) is 0 Å². The highest BCUT2D eigenvalue weighted by molar-refractivity contribution is 5.38. The maximum Gasteiger partial charge on any atom is 0.147 e. The van der Waals surface area contributed by atoms with Crippen LogP contribution in [0.4, 0.5) is 5.82 Å². The summed E-state index contributed by atoms with van der Waals surface area (Å²) in [7, 11) is 0. The lowest BCUT2D eigenvalue weighted by molar-refractivity contribution is 0.507. The van der Waals surface area contributed by atoms with Crippen molar-refractivity contribution in [1.82, 2.24) is 9.97 Å². The third kappa shape index (κ3) is 1.57. The van der Waals surface area contributed by atoms with Crippen molar-refractivity contribution < 1.29 is 0 Å². The van der Waals surface area contributed by atoms with Crippen molar-refractivity contribution in [3.8, 4) is 0 Å². The fourth-order valence-corrected chi connectivity index (χ4v) is 2.08. The van der Waals surface area contributed by atoms with E-state index >= 15 is 0 Å². The summed E-state index contributed by atoms with van der Waals surface area (Å²) in [6, 6.07) is 0.483. The van der Waals surface area contributed by atoms with Gasteiger partial charge in [0.15, 0.2) is 0 Å². The zero-order valence-corrected chi connectivity index (χ0v) is 8.43. The molecule has 4 nitrogen and oxygen atoms in total. The smallest absolute Gasteiger partial charge is 0.147 e. The molecule has 0 spiro atoms. The van der Waals surface area contributed by atoms with Gasteiger partial charge in [-0.05, 0) is 25.8 Å². The number of aromatic nitrogens is 2. The number of anilines is 1. The summed E-state index contributed by atoms with van der Waals surface area (Å²) >= 11 is 0. The summed E-state index contributed by atoms with van der Waals surface area (Å²) in [6.07, 6.45) is 6.41. The molecule has 1 saturated heterocycles. The SMILES string of the molecule is CC1C(CN)CCN1c1cnccn1. The van der Waals surface area contributed by atoms with Gasteiger partial charge in [0.25, 0.3) is 0 Å². The second-order valence-electron chi connectivity index (χ2n) is 3.78. The van der Waals surface area contributed by atoms with Crippen molar-refractivity contribution in [1.29, 1.82) is 0 Å². The third-order valence-corrected chi connectivity index (χ3v) is 3.06. The van der Waals surface area contributed by atoms with Crippen LogP contribution in [0.2, 0.25) is 0 Å². The fourth-order valence-electron chi connectivity index (χ4n) is 2.08. The van der Waals surface area contributed by atoms with Crippen LogP contribution in [0.25, 0.3) is 0 Å². The summed E-state index contributed by atoms with van der Waals surface area (Å²) in [5, 5.41) is 0. The normalized spacial score (nSPS) is 26.9. The summed E-state index contributed by atoms with van der Waals surface area (Å²) in [5.74, 6) is 1.56. The van der Waals surface area contributed by atoms with Crippen LogP contribution in [0.15, 0.2) is 18.6 Å². The molecule has 1 aliphatic rings. The van der Waals surface area contributed by atoms with Crippen LogP contribution >= 0.6 is 0 Å². The Morgan fingerprint density at radius 1 is 1.57 bits per heavy atom. The van der Waals surface area contributed by atoms with Crippen molar-refractivity contribution in [2.24, 2.45) is 11.7 Å². The van der Waals surface area contributed by atoms with Gasteiger partial charge in [-0.3, -0.25) is 4.98 Å². The summed E-state index contributed by atoms with van der Waals surface area (Å²) in [6.45, 7) is 4.01. The van der Waals surface area contributed by atoms with Gasteiger partial charge in [-0.15, -0.1) is 0 Å². The minimum absolute atomic E-state index is 0.483. The number of nitrogens with two attached hydrogens (primary N) is 1. The molecule has 0 radical (unpaired) electrons. The molecule has 0 aromatic carbocycles. The molecule has 76 valence electrons. The molecule has 4 heteroatoms. The van der Waals surface area contributed by atoms with Crippen LogP contribution in [0.1, 0.15) is 13.3 Å². The molecule has 14 heavy (non-hydrogen) atoms. The van der Waals surface area contributed by atoms with E-state index < -0.39 is 0 Å². The van der Waals surface area contributed by atoms with Crippen molar-refractivity contribution in [2.45, 2.75) is 19.4 Å². The summed E-state index contributed by atoms with van der Waals surface area (Å²) < 4.78 is 0. The van der Waals surface area contributed by atoms with Crippen LogP contribution in [-0.4, -0.2) is 29.1 Å². The van der Waals surface area contributed by atoms with E-state index in [1.54, 1.807) is 12.4 Å². The maximum absolute atomic E-state index is 5.70. The standard InChI is InChI=1S/C10H16N4/c1-8-9(6-11)2-5-14(8)10-7-12-3-4-13-10/h3-4,7-9H,2,5-6,11H2,1H3. The van der Waals surface area contributed by atoms with Crippen molar-refractivity contribution in [2.75, 3.05) is 18.0 Å². The van der Waals surface area contributed by atoms with Crippen LogP contribution in [-0.2, 0) is 0 Å². The molecule has 2 heterocycles. The molecule has 1 aromatic rings. The van der Waals surface area contributed by atoms with Crippen molar-refractivity contribution >= 4 is 5.82 Å². The van der Waals surface area contributed by atoms with Gasteiger partial charge in [0.1, 0.15) is 5.82 Å². The van der Waals surface area contributed by atoms with E-state index in [2.05, 4.69) is 21.8 Å². The topological polar surface area (TPSA) is 55.0 Å². The minimum Gasteiger partial charge on any atom is -0.352 e. The summed E-state index contributed by atoms with van der Waals surface area (Å²) in [4.78, 5) is 10.7. The molecule has 2 atom stereocenters. The molecule has 1 aromatic heterocycles. The quantitative estimate of drug-likeness (QED) is 0.747. The second-order valence-corrected chi connectivity index (χ2v) is 3.78. The van der Waals surface area contributed by atoms with Gasteiger partial charge in [-0.2, -0.15) is 0 Å². The molecule has 0 amide bonds. The van der Waals surface area contributed by atoms with Crippen LogP contribution in [0.3, 0.4) is 0 Å². The minimum atomic E-state index is 0.483. The maximum atomic E-state index is 5.70. The Morgan fingerprint density at radius 2 is 2.43 bits per heavy atom. The number of nitrogens with zero attached hydrogens (tertiary/aromatic N) is 3. The van der Waals surface area contributed by atoms with Crippen LogP contribution in [0, 0.1) is 5.92 Å². The zero-order chi connectivity index (χ0) is 9.97. The molecule has 2 rings (SSSR count). The third-order valence-electron chi connectivity index (χ3n) is 3.06. The Hall–Kier alpha value is -1.16. The lowest BCUT2D eigenvalue weighted by Gasteiger charge is -2.24. The van der Waals surface area contributed by atoms with E-state index in [1.807, 2.05) is 6.20 Å². The first kappa shape index (κ1) is 9.40. The number of hydrogen-bond acceptors (Lipinski definition) is 4. The molecular formula is C10H16N4. The highest BCUT2D eigenvalue weighted by atomic mass is 15.2. The van der Waals surface area contributed by atoms with Gasteiger partial charge < -0.3 is 10.6 Å². The molecule has 0 saturated carbocycles. The lowest BCUT2D eigenvalue weighted by Crippen LogP contribution is -2.33. The van der Waals surface area contributed by atoms with Gasteiger partial charge >= 0.3 is 0 Å². The number of hydrogen-bond donors (Lipinski definition) is 1. The predicted octanol–water partition coefficient (Wildman–Crippen LogP) is 0.650. The van der Waals surface area contributed by atoms with E-state index in [0.717, 1.165) is 25.3 Å². The Kier molecular flexibility index (Phi) is 2.63. The molecular weight excluding hydrogens is 176 g/mol. The fraction of sp³-hybridized carbons (Fsp3) is 0.600. The van der Waals surface area contributed by atoms with Crippen LogP contribution < -0.4 is 10.6 Å². The van der Waals surface area contributed by atoms with E-state index in [1.165, 1.54) is 0 Å². The molecule has 1 aliphatic heterocycles. The monoisotopic (exact) mass is 192 g/mol. The highest BCUT2D eigenvalue weighted by Gasteiger charge is 2.30. The molecule has 0 bridgehead atoms. The second kappa shape index (κ2) is 3.92. The largest absolute Gasteiger partial charge is 0.352 e. The van der Waals surface area contributed by atoms with E-state index in [4.69, 9.17) is 5.73 Å². The van der Waals surface area contributed by atoms with Gasteiger partial charge in [0, 0.05) is 25.0 Å². The Bertz CT molecular complexity index is 287. The van der Waals surface area contributed by atoms with Gasteiger partial charge in [-0.25, -0.2) is 4.98 Å². The Morgan fingerprint density at radius 3 is 3.00 bits per heavy atom. The van der Waals surface area contributed by atoms with Crippen LogP contribution in [0.5, 0.6) is 0 Å². The Balaban J connectivity index is 2.14. The average molecular weight is 192 g/mol. The average Bonchev–Trinajstić information content (AvgIpc) is 2.61. The van der Waals surface area contributed by atoms with Gasteiger partial charge in [-0.1, -0.05) is 0 Å². The van der Waals surface area contributed by atoms with Gasteiger partial charge in [0.05, 0.1) is 6.20 Å². The lowest BCUT2D eigenvalue weighted by atomic mass is 10.0. The number of rotatable bonds is 2. The van der Waals surface area contributed by atoms with E-state index in [0.29, 0.717) is 12.0 Å². The Labute approximate surface area is 84.2 Å². The summed E-state index contributed by atoms with van der Waals surface area (Å²) in [5.41, 5.74) is 5.70. The first-order valence-corrected chi connectivity index (χ1v) is 5.05. The van der Waals surface area contributed by atoms with E-state index in [9.17, 15) is 0 Å². The molecule has 0 aliphatic carbocycles. The van der Waals surface area contributed by atoms with Crippen molar-refractivity contribution in [3.05, 3.63) is 18.6 Å². The molecule has 1 fully saturated rings. The predicted molar refractivity (Wildman–Crippen MR) is 56.0 cm³/mol.